The standard InChI is InChI=1S/C15H18BrNO3/c1-4-8-17(10-11(2)15(19)20-3)14(18)12-6-5-7-13(16)9-12/h4-7,9,11H,1,8,10H2,2-3H3. The summed E-state index contributed by atoms with van der Waals surface area (Å²) in [5.74, 6) is -0.848. The van der Waals surface area contributed by atoms with E-state index in [-0.39, 0.29) is 17.8 Å². The third kappa shape index (κ3) is 4.49. The van der Waals surface area contributed by atoms with Gasteiger partial charge in [-0.1, -0.05) is 35.0 Å². The summed E-state index contributed by atoms with van der Waals surface area (Å²) in [7, 11) is 1.34. The maximum Gasteiger partial charge on any atom is 0.310 e. The second-order valence-corrected chi connectivity index (χ2v) is 5.35. The number of hydrogen-bond acceptors (Lipinski definition) is 3. The predicted octanol–water partition coefficient (Wildman–Crippen LogP) is 2.89. The lowest BCUT2D eigenvalue weighted by Gasteiger charge is -2.24. The fourth-order valence-corrected chi connectivity index (χ4v) is 2.21. The number of benzene rings is 1. The normalized spacial score (nSPS) is 11.6. The number of amides is 1. The highest BCUT2D eigenvalue weighted by Gasteiger charge is 2.21. The Bertz CT molecular complexity index is 502. The molecule has 0 bridgehead atoms. The number of rotatable bonds is 6. The van der Waals surface area contributed by atoms with Gasteiger partial charge in [0.15, 0.2) is 0 Å². The molecule has 0 aliphatic carbocycles. The largest absolute Gasteiger partial charge is 0.469 e. The van der Waals surface area contributed by atoms with Gasteiger partial charge in [-0.3, -0.25) is 9.59 Å². The Morgan fingerprint density at radius 2 is 2.20 bits per heavy atom. The molecule has 1 amide bonds. The highest BCUT2D eigenvalue weighted by molar-refractivity contribution is 9.10. The molecule has 0 saturated heterocycles. The van der Waals surface area contributed by atoms with Crippen LogP contribution in [0.25, 0.3) is 0 Å². The third-order valence-electron chi connectivity index (χ3n) is 2.81. The molecule has 1 rings (SSSR count). The first-order valence-electron chi connectivity index (χ1n) is 6.23. The fraction of sp³-hybridized carbons (Fsp3) is 0.333. The van der Waals surface area contributed by atoms with Crippen molar-refractivity contribution in [1.29, 1.82) is 0 Å². The van der Waals surface area contributed by atoms with Crippen molar-refractivity contribution in [2.24, 2.45) is 5.92 Å². The molecule has 0 radical (unpaired) electrons. The molecule has 0 aromatic heterocycles. The van der Waals surface area contributed by atoms with Crippen molar-refractivity contribution in [3.05, 3.63) is 47.0 Å². The van der Waals surface area contributed by atoms with Crippen LogP contribution in [0.15, 0.2) is 41.4 Å². The molecular formula is C15H18BrNO3. The van der Waals surface area contributed by atoms with Crippen LogP contribution in [0.1, 0.15) is 17.3 Å². The van der Waals surface area contributed by atoms with E-state index in [9.17, 15) is 9.59 Å². The molecule has 0 aliphatic rings. The van der Waals surface area contributed by atoms with Crippen molar-refractivity contribution in [1.82, 2.24) is 4.90 Å². The van der Waals surface area contributed by atoms with E-state index < -0.39 is 0 Å². The van der Waals surface area contributed by atoms with Gasteiger partial charge in [-0.15, -0.1) is 6.58 Å². The fourth-order valence-electron chi connectivity index (χ4n) is 1.81. The Morgan fingerprint density at radius 1 is 1.50 bits per heavy atom. The zero-order valence-corrected chi connectivity index (χ0v) is 13.2. The molecule has 0 saturated carbocycles. The van der Waals surface area contributed by atoms with E-state index in [0.29, 0.717) is 18.7 Å². The van der Waals surface area contributed by atoms with Crippen LogP contribution in [-0.2, 0) is 9.53 Å². The summed E-state index contributed by atoms with van der Waals surface area (Å²) in [6.45, 7) is 6.06. The summed E-state index contributed by atoms with van der Waals surface area (Å²) in [5, 5.41) is 0. The van der Waals surface area contributed by atoms with Gasteiger partial charge in [-0.05, 0) is 18.2 Å². The molecule has 0 fully saturated rings. The molecule has 0 N–H and O–H groups in total. The number of carbonyl (C=O) groups is 2. The molecule has 1 atom stereocenters. The van der Waals surface area contributed by atoms with Gasteiger partial charge in [0.1, 0.15) is 0 Å². The van der Waals surface area contributed by atoms with Crippen molar-refractivity contribution >= 4 is 27.8 Å². The topological polar surface area (TPSA) is 46.6 Å². The Morgan fingerprint density at radius 3 is 2.75 bits per heavy atom. The monoisotopic (exact) mass is 339 g/mol. The Kier molecular flexibility index (Phi) is 6.45. The smallest absolute Gasteiger partial charge is 0.310 e. The second-order valence-electron chi connectivity index (χ2n) is 4.43. The van der Waals surface area contributed by atoms with Crippen molar-refractivity contribution in [2.45, 2.75) is 6.92 Å². The van der Waals surface area contributed by atoms with E-state index in [1.807, 2.05) is 6.07 Å². The number of methoxy groups -OCH3 is 1. The molecule has 0 heterocycles. The Hall–Kier alpha value is -1.62. The summed E-state index contributed by atoms with van der Waals surface area (Å²) in [4.78, 5) is 25.5. The van der Waals surface area contributed by atoms with Crippen LogP contribution in [0, 0.1) is 5.92 Å². The average molecular weight is 340 g/mol. The summed E-state index contributed by atoms with van der Waals surface area (Å²) in [6, 6.07) is 7.14. The summed E-state index contributed by atoms with van der Waals surface area (Å²) < 4.78 is 5.52. The van der Waals surface area contributed by atoms with Gasteiger partial charge in [0.2, 0.25) is 0 Å². The zero-order valence-electron chi connectivity index (χ0n) is 11.6. The van der Waals surface area contributed by atoms with E-state index in [4.69, 9.17) is 0 Å². The van der Waals surface area contributed by atoms with Crippen LogP contribution >= 0.6 is 15.9 Å². The van der Waals surface area contributed by atoms with Gasteiger partial charge in [-0.25, -0.2) is 0 Å². The number of ether oxygens (including phenoxy) is 1. The van der Waals surface area contributed by atoms with Crippen molar-refractivity contribution in [3.63, 3.8) is 0 Å². The van der Waals surface area contributed by atoms with Crippen molar-refractivity contribution < 1.29 is 14.3 Å². The Labute approximate surface area is 127 Å². The van der Waals surface area contributed by atoms with Crippen LogP contribution < -0.4 is 0 Å². The van der Waals surface area contributed by atoms with E-state index >= 15 is 0 Å². The Balaban J connectivity index is 2.87. The van der Waals surface area contributed by atoms with Gasteiger partial charge < -0.3 is 9.64 Å². The zero-order chi connectivity index (χ0) is 15.1. The summed E-state index contributed by atoms with van der Waals surface area (Å²) >= 11 is 3.34. The SMILES string of the molecule is C=CCN(CC(C)C(=O)OC)C(=O)c1cccc(Br)c1. The lowest BCUT2D eigenvalue weighted by atomic mass is 10.1. The second kappa shape index (κ2) is 7.85. The molecule has 1 unspecified atom stereocenters. The maximum atomic E-state index is 12.4. The van der Waals surface area contributed by atoms with Crippen LogP contribution in [-0.4, -0.2) is 37.0 Å². The van der Waals surface area contributed by atoms with Crippen LogP contribution in [0.3, 0.4) is 0 Å². The molecular weight excluding hydrogens is 322 g/mol. The number of hydrogen-bond donors (Lipinski definition) is 0. The van der Waals surface area contributed by atoms with Gasteiger partial charge in [-0.2, -0.15) is 0 Å². The highest BCUT2D eigenvalue weighted by atomic mass is 79.9. The minimum Gasteiger partial charge on any atom is -0.469 e. The molecule has 20 heavy (non-hydrogen) atoms. The molecule has 0 spiro atoms. The minimum absolute atomic E-state index is 0.137. The van der Waals surface area contributed by atoms with Crippen molar-refractivity contribution in [2.75, 3.05) is 20.2 Å². The average Bonchev–Trinajstić information content (AvgIpc) is 2.45. The number of carbonyl (C=O) groups excluding carboxylic acids is 2. The first-order valence-corrected chi connectivity index (χ1v) is 7.02. The molecule has 1 aromatic rings. The number of halogens is 1. The van der Waals surface area contributed by atoms with E-state index in [0.717, 1.165) is 4.47 Å². The molecule has 1 aromatic carbocycles. The highest BCUT2D eigenvalue weighted by Crippen LogP contribution is 2.14. The number of esters is 1. The maximum absolute atomic E-state index is 12.4. The lowest BCUT2D eigenvalue weighted by molar-refractivity contribution is -0.145. The quantitative estimate of drug-likeness (QED) is 0.591. The molecule has 4 nitrogen and oxygen atoms in total. The van der Waals surface area contributed by atoms with Crippen molar-refractivity contribution in [3.8, 4) is 0 Å². The molecule has 5 heteroatoms. The first-order chi connectivity index (χ1) is 9.49. The van der Waals surface area contributed by atoms with Gasteiger partial charge in [0, 0.05) is 23.1 Å². The lowest BCUT2D eigenvalue weighted by Crippen LogP contribution is -2.37. The van der Waals surface area contributed by atoms with E-state index in [1.165, 1.54) is 7.11 Å². The van der Waals surface area contributed by atoms with Crippen LogP contribution in [0.2, 0.25) is 0 Å². The van der Waals surface area contributed by atoms with Crippen LogP contribution in [0.4, 0.5) is 0 Å². The van der Waals surface area contributed by atoms with Gasteiger partial charge in [0.25, 0.3) is 5.91 Å². The minimum atomic E-state index is -0.379. The third-order valence-corrected chi connectivity index (χ3v) is 3.30. The van der Waals surface area contributed by atoms with E-state index in [2.05, 4.69) is 27.2 Å². The van der Waals surface area contributed by atoms with Crippen LogP contribution in [0.5, 0.6) is 0 Å². The molecule has 0 aliphatic heterocycles. The van der Waals surface area contributed by atoms with Gasteiger partial charge >= 0.3 is 5.97 Å². The van der Waals surface area contributed by atoms with E-state index in [1.54, 1.807) is 36.1 Å². The molecule has 108 valence electrons. The predicted molar refractivity (Wildman–Crippen MR) is 81.4 cm³/mol. The van der Waals surface area contributed by atoms with Gasteiger partial charge in [0.05, 0.1) is 13.0 Å². The first kappa shape index (κ1) is 16.4. The summed E-state index contributed by atoms with van der Waals surface area (Å²) in [6.07, 6.45) is 1.64. The summed E-state index contributed by atoms with van der Waals surface area (Å²) in [5.41, 5.74) is 0.568. The number of nitrogens with zero attached hydrogens (tertiary/aromatic N) is 1.